The summed E-state index contributed by atoms with van der Waals surface area (Å²) in [7, 11) is 0. The summed E-state index contributed by atoms with van der Waals surface area (Å²) in [5.74, 6) is 0. The van der Waals surface area contributed by atoms with E-state index in [9.17, 15) is 0 Å². The molecule has 1 rings (SSSR count). The summed E-state index contributed by atoms with van der Waals surface area (Å²) in [5, 5.41) is 0. The van der Waals surface area contributed by atoms with E-state index < -0.39 is 18.4 Å². The molecule has 0 radical (unpaired) electrons. The number of allylic oxidation sites excluding steroid dienone is 4. The van der Waals surface area contributed by atoms with Crippen LogP contribution < -0.4 is 0 Å². The molecule has 0 amide bonds. The van der Waals surface area contributed by atoms with Gasteiger partial charge in [0.05, 0.1) is 0 Å². The summed E-state index contributed by atoms with van der Waals surface area (Å²) in [6, 6.07) is 0. The van der Waals surface area contributed by atoms with E-state index >= 15 is 0 Å². The monoisotopic (exact) mass is 438 g/mol. The van der Waals surface area contributed by atoms with Crippen LogP contribution >= 0.6 is 0 Å². The van der Waals surface area contributed by atoms with Gasteiger partial charge in [0.25, 0.3) is 0 Å². The van der Waals surface area contributed by atoms with Gasteiger partial charge in [-0.25, -0.2) is 0 Å². The summed E-state index contributed by atoms with van der Waals surface area (Å²) < 4.78 is 7.69. The first-order valence-electron chi connectivity index (χ1n) is 10.7. The Bertz CT molecular complexity index is 380. The zero-order valence-electron chi connectivity index (χ0n) is 16.8. The molecule has 1 aliphatic rings. The standard InChI is InChI=1S/C11H15.3C4H9.Sn/c1-3-7-10(2)11-8-5-4-6-9-11;3*1-3-4-2;/h2-3,8H,1,4-7,9H2;3*1,3-4H2,2H3;. The van der Waals surface area contributed by atoms with Crippen LogP contribution in [0, 0.1) is 0 Å². The topological polar surface area (TPSA) is 0 Å². The Hall–Kier alpha value is 0.0187. The fraction of sp³-hybridized carbons (Fsp3) is 0.739. The van der Waals surface area contributed by atoms with Crippen molar-refractivity contribution in [3.8, 4) is 0 Å². The number of rotatable bonds is 13. The Morgan fingerprint density at radius 2 is 1.58 bits per heavy atom. The molecule has 0 spiro atoms. The van der Waals surface area contributed by atoms with Crippen molar-refractivity contribution in [2.45, 2.75) is 105 Å². The zero-order valence-corrected chi connectivity index (χ0v) is 19.7. The normalized spacial score (nSPS) is 16.1. The Morgan fingerprint density at radius 3 is 2.00 bits per heavy atom. The summed E-state index contributed by atoms with van der Waals surface area (Å²) >= 11 is -2.18. The summed E-state index contributed by atoms with van der Waals surface area (Å²) in [4.78, 5) is 0. The van der Waals surface area contributed by atoms with Crippen LogP contribution in [0.2, 0.25) is 13.3 Å². The fourth-order valence-corrected chi connectivity index (χ4v) is 19.5. The van der Waals surface area contributed by atoms with Crippen molar-refractivity contribution < 1.29 is 0 Å². The van der Waals surface area contributed by atoms with E-state index in [1.165, 1.54) is 64.2 Å². The molecule has 0 aliphatic heterocycles. The molecule has 0 aromatic carbocycles. The number of hydrogen-bond acceptors (Lipinski definition) is 0. The van der Waals surface area contributed by atoms with Crippen LogP contribution in [0.4, 0.5) is 0 Å². The molecular formula is C23H42Sn. The molecule has 0 aromatic heterocycles. The van der Waals surface area contributed by atoms with Gasteiger partial charge in [0.1, 0.15) is 0 Å². The molecule has 0 fully saturated rings. The van der Waals surface area contributed by atoms with Crippen LogP contribution in [0.25, 0.3) is 0 Å². The van der Waals surface area contributed by atoms with E-state index in [1.807, 2.05) is 0 Å². The van der Waals surface area contributed by atoms with Gasteiger partial charge in [-0.3, -0.25) is 0 Å². The first-order valence-corrected chi connectivity index (χ1v) is 18.4. The number of unbranched alkanes of at least 4 members (excludes halogenated alkanes) is 3. The molecule has 138 valence electrons. The molecule has 0 heterocycles. The van der Waals surface area contributed by atoms with Gasteiger partial charge in [-0.1, -0.05) is 0 Å². The van der Waals surface area contributed by atoms with Crippen molar-refractivity contribution in [3.05, 3.63) is 34.0 Å². The van der Waals surface area contributed by atoms with E-state index in [0.29, 0.717) is 0 Å². The molecule has 0 N–H and O–H groups in total. The first kappa shape index (κ1) is 22.1. The maximum atomic E-state index is 4.07. The molecule has 24 heavy (non-hydrogen) atoms. The van der Waals surface area contributed by atoms with Gasteiger partial charge in [-0.15, -0.1) is 0 Å². The Morgan fingerprint density at radius 1 is 1.00 bits per heavy atom. The van der Waals surface area contributed by atoms with Crippen molar-refractivity contribution in [1.82, 2.24) is 0 Å². The average Bonchev–Trinajstić information content (AvgIpc) is 2.63. The first-order chi connectivity index (χ1) is 11.7. The molecule has 1 heteroatoms. The van der Waals surface area contributed by atoms with Crippen LogP contribution in [0.5, 0.6) is 0 Å². The van der Waals surface area contributed by atoms with Crippen LogP contribution in [0.15, 0.2) is 34.0 Å². The molecule has 0 nitrogen and oxygen atoms in total. The SMILES string of the molecule is C=CC/C(=[CH]/[Sn]([CH2]CCC)([CH2]CCC)[CH2]CCC)C1=CCCCC1. The van der Waals surface area contributed by atoms with Gasteiger partial charge in [0.15, 0.2) is 0 Å². The van der Waals surface area contributed by atoms with E-state index in [-0.39, 0.29) is 0 Å². The molecule has 0 saturated carbocycles. The van der Waals surface area contributed by atoms with E-state index in [1.54, 1.807) is 24.5 Å². The number of hydrogen-bond donors (Lipinski definition) is 0. The Labute approximate surface area is 156 Å². The average molecular weight is 437 g/mol. The van der Waals surface area contributed by atoms with Gasteiger partial charge in [0, 0.05) is 0 Å². The predicted octanol–water partition coefficient (Wildman–Crippen LogP) is 8.38. The van der Waals surface area contributed by atoms with Crippen molar-refractivity contribution in [2.75, 3.05) is 0 Å². The molecule has 0 unspecified atom stereocenters. The van der Waals surface area contributed by atoms with Crippen molar-refractivity contribution in [3.63, 3.8) is 0 Å². The van der Waals surface area contributed by atoms with Crippen LogP contribution in [-0.4, -0.2) is 18.4 Å². The molecular weight excluding hydrogens is 395 g/mol. The summed E-state index contributed by atoms with van der Waals surface area (Å²) in [6.07, 6.45) is 19.7. The second kappa shape index (κ2) is 13.3. The summed E-state index contributed by atoms with van der Waals surface area (Å²) in [5.41, 5.74) is 3.38. The van der Waals surface area contributed by atoms with E-state index in [0.717, 1.165) is 6.42 Å². The van der Waals surface area contributed by atoms with Crippen LogP contribution in [0.1, 0.15) is 91.4 Å². The maximum absolute atomic E-state index is 4.07. The third-order valence-electron chi connectivity index (χ3n) is 5.63. The molecule has 0 bridgehead atoms. The molecule has 0 saturated heterocycles. The molecule has 0 aromatic rings. The van der Waals surface area contributed by atoms with Gasteiger partial charge < -0.3 is 0 Å². The minimum absolute atomic E-state index is 1.11. The van der Waals surface area contributed by atoms with Crippen LogP contribution in [0.3, 0.4) is 0 Å². The molecule has 0 atom stereocenters. The summed E-state index contributed by atoms with van der Waals surface area (Å²) in [6.45, 7) is 11.2. The predicted molar refractivity (Wildman–Crippen MR) is 114 cm³/mol. The van der Waals surface area contributed by atoms with Gasteiger partial charge in [-0.2, -0.15) is 0 Å². The third-order valence-corrected chi connectivity index (χ3v) is 19.9. The van der Waals surface area contributed by atoms with Crippen LogP contribution in [-0.2, 0) is 0 Å². The van der Waals surface area contributed by atoms with Crippen molar-refractivity contribution in [2.24, 2.45) is 0 Å². The second-order valence-electron chi connectivity index (χ2n) is 7.81. The quantitative estimate of drug-likeness (QED) is 0.201. The van der Waals surface area contributed by atoms with Gasteiger partial charge >= 0.3 is 157 Å². The minimum atomic E-state index is -2.18. The Kier molecular flexibility index (Phi) is 12.2. The van der Waals surface area contributed by atoms with Crippen molar-refractivity contribution >= 4 is 18.4 Å². The second-order valence-corrected chi connectivity index (χ2v) is 20.7. The van der Waals surface area contributed by atoms with Crippen molar-refractivity contribution in [1.29, 1.82) is 0 Å². The zero-order chi connectivity index (χ0) is 17.7. The molecule has 1 aliphatic carbocycles. The van der Waals surface area contributed by atoms with Gasteiger partial charge in [-0.05, 0) is 0 Å². The Balaban J connectivity index is 3.12. The fourth-order valence-electron chi connectivity index (χ4n) is 4.12. The van der Waals surface area contributed by atoms with E-state index in [2.05, 4.69) is 43.6 Å². The van der Waals surface area contributed by atoms with E-state index in [4.69, 9.17) is 0 Å². The van der Waals surface area contributed by atoms with Gasteiger partial charge in [0.2, 0.25) is 0 Å². The third kappa shape index (κ3) is 7.93.